The molecule has 2 heterocycles. The van der Waals surface area contributed by atoms with Gasteiger partial charge in [-0.25, -0.2) is 0 Å². The van der Waals surface area contributed by atoms with E-state index in [1.807, 2.05) is 31.2 Å². The average molecular weight is 276 g/mol. The van der Waals surface area contributed by atoms with Crippen LogP contribution in [0.2, 0.25) is 0 Å². The van der Waals surface area contributed by atoms with Crippen LogP contribution in [0, 0.1) is 5.41 Å². The van der Waals surface area contributed by atoms with Gasteiger partial charge in [0.1, 0.15) is 17.8 Å². The van der Waals surface area contributed by atoms with Crippen LogP contribution in [0.25, 0.3) is 0 Å². The van der Waals surface area contributed by atoms with Crippen molar-refractivity contribution in [2.45, 2.75) is 44.8 Å². The number of aliphatic carboxylic acids is 1. The van der Waals surface area contributed by atoms with Crippen LogP contribution < -0.4 is 4.74 Å². The molecule has 0 radical (unpaired) electrons. The van der Waals surface area contributed by atoms with E-state index in [1.54, 1.807) is 0 Å². The van der Waals surface area contributed by atoms with E-state index in [2.05, 4.69) is 0 Å². The van der Waals surface area contributed by atoms with Crippen LogP contribution in [-0.4, -0.2) is 29.9 Å². The molecule has 3 rings (SSSR count). The van der Waals surface area contributed by atoms with E-state index in [1.165, 1.54) is 0 Å². The number of rotatable bonds is 3. The Morgan fingerprint density at radius 3 is 2.90 bits per heavy atom. The first-order valence-electron chi connectivity index (χ1n) is 7.19. The summed E-state index contributed by atoms with van der Waals surface area (Å²) < 4.78 is 11.5. The molecule has 0 bridgehead atoms. The van der Waals surface area contributed by atoms with E-state index in [9.17, 15) is 9.90 Å². The summed E-state index contributed by atoms with van der Waals surface area (Å²) in [5.74, 6) is 0.0280. The second kappa shape index (κ2) is 5.09. The third-order valence-corrected chi connectivity index (χ3v) is 4.40. The van der Waals surface area contributed by atoms with Crippen molar-refractivity contribution in [1.29, 1.82) is 0 Å². The summed E-state index contributed by atoms with van der Waals surface area (Å²) in [5.41, 5.74) is 0.121. The van der Waals surface area contributed by atoms with E-state index in [0.717, 1.165) is 24.2 Å². The van der Waals surface area contributed by atoms with Crippen molar-refractivity contribution in [1.82, 2.24) is 0 Å². The maximum Gasteiger partial charge on any atom is 0.313 e. The lowest BCUT2D eigenvalue weighted by Gasteiger charge is -2.36. The molecule has 108 valence electrons. The fourth-order valence-corrected chi connectivity index (χ4v) is 3.25. The third-order valence-electron chi connectivity index (χ3n) is 4.40. The molecule has 20 heavy (non-hydrogen) atoms. The zero-order chi connectivity index (χ0) is 14.2. The van der Waals surface area contributed by atoms with Crippen LogP contribution in [-0.2, 0) is 16.0 Å². The minimum Gasteiger partial charge on any atom is -0.492 e. The molecule has 0 aromatic heterocycles. The molecule has 2 aliphatic heterocycles. The largest absolute Gasteiger partial charge is 0.492 e. The van der Waals surface area contributed by atoms with Crippen LogP contribution in [0.3, 0.4) is 0 Å². The molecular formula is C16H20O4. The smallest absolute Gasteiger partial charge is 0.313 e. The lowest BCUT2D eigenvalue weighted by molar-refractivity contribution is -0.154. The Hall–Kier alpha value is -1.55. The Bertz CT molecular complexity index is 513. The molecule has 4 heteroatoms. The van der Waals surface area contributed by atoms with Gasteiger partial charge in [-0.1, -0.05) is 18.2 Å². The lowest BCUT2D eigenvalue weighted by Crippen LogP contribution is -2.44. The molecule has 1 aromatic rings. The second-order valence-corrected chi connectivity index (χ2v) is 6.01. The first kappa shape index (κ1) is 13.4. The molecule has 1 N–H and O–H groups in total. The molecule has 2 aliphatic rings. The van der Waals surface area contributed by atoms with Crippen molar-refractivity contribution >= 4 is 5.97 Å². The number of fused-ring (bicyclic) bond motifs is 1. The van der Waals surface area contributed by atoms with Gasteiger partial charge in [0.2, 0.25) is 0 Å². The monoisotopic (exact) mass is 276 g/mol. The first-order valence-corrected chi connectivity index (χ1v) is 7.19. The molecule has 3 atom stereocenters. The van der Waals surface area contributed by atoms with E-state index in [0.29, 0.717) is 12.8 Å². The molecule has 1 aromatic carbocycles. The predicted molar refractivity (Wildman–Crippen MR) is 73.9 cm³/mol. The number of hydrogen-bond acceptors (Lipinski definition) is 3. The van der Waals surface area contributed by atoms with E-state index in [-0.39, 0.29) is 18.8 Å². The van der Waals surface area contributed by atoms with E-state index in [4.69, 9.17) is 9.47 Å². The minimum absolute atomic E-state index is 0.0370. The van der Waals surface area contributed by atoms with Gasteiger partial charge in [0.05, 0.1) is 12.2 Å². The van der Waals surface area contributed by atoms with Crippen LogP contribution in [0.4, 0.5) is 0 Å². The molecule has 1 saturated heterocycles. The number of para-hydroxylation sites is 1. The fourth-order valence-electron chi connectivity index (χ4n) is 3.25. The molecule has 0 spiro atoms. The van der Waals surface area contributed by atoms with Crippen LogP contribution in [0.1, 0.15) is 31.7 Å². The number of hydrogen-bond donors (Lipinski definition) is 1. The number of carbonyl (C=O) groups is 1. The van der Waals surface area contributed by atoms with Crippen molar-refractivity contribution in [3.63, 3.8) is 0 Å². The molecule has 0 aliphatic carbocycles. The Morgan fingerprint density at radius 2 is 2.20 bits per heavy atom. The summed E-state index contributed by atoms with van der Waals surface area (Å²) in [6.45, 7) is 2.27. The molecular weight excluding hydrogens is 256 g/mol. The average Bonchev–Trinajstić information content (AvgIpc) is 2.83. The summed E-state index contributed by atoms with van der Waals surface area (Å²) in [6.07, 6.45) is 3.28. The molecule has 3 unspecified atom stereocenters. The molecule has 0 amide bonds. The van der Waals surface area contributed by atoms with Crippen molar-refractivity contribution in [3.8, 4) is 5.75 Å². The van der Waals surface area contributed by atoms with Gasteiger partial charge in [-0.2, -0.15) is 0 Å². The van der Waals surface area contributed by atoms with Crippen molar-refractivity contribution in [2.75, 3.05) is 6.61 Å². The van der Waals surface area contributed by atoms with Crippen molar-refractivity contribution < 1.29 is 19.4 Å². The maximum atomic E-state index is 11.8. The van der Waals surface area contributed by atoms with Gasteiger partial charge < -0.3 is 14.6 Å². The topological polar surface area (TPSA) is 55.8 Å². The summed E-state index contributed by atoms with van der Waals surface area (Å²) in [7, 11) is 0. The van der Waals surface area contributed by atoms with E-state index < -0.39 is 11.4 Å². The summed E-state index contributed by atoms with van der Waals surface area (Å²) >= 11 is 0. The maximum absolute atomic E-state index is 11.8. The van der Waals surface area contributed by atoms with Gasteiger partial charge in [-0.05, 0) is 44.2 Å². The Balaban J connectivity index is 1.81. The molecule has 0 saturated carbocycles. The molecule has 1 fully saturated rings. The highest BCUT2D eigenvalue weighted by Crippen LogP contribution is 2.40. The zero-order valence-electron chi connectivity index (χ0n) is 11.7. The number of carboxylic acids is 1. The van der Waals surface area contributed by atoms with Gasteiger partial charge >= 0.3 is 5.97 Å². The second-order valence-electron chi connectivity index (χ2n) is 6.01. The Kier molecular flexibility index (Phi) is 3.42. The highest BCUT2D eigenvalue weighted by atomic mass is 16.5. The minimum atomic E-state index is -0.858. The van der Waals surface area contributed by atoms with Crippen molar-refractivity contribution in [2.24, 2.45) is 5.41 Å². The SMILES string of the molecule is CC1CCC(CC2(C(=O)O)COc3ccccc3C2)O1. The highest BCUT2D eigenvalue weighted by Gasteiger charge is 2.45. The Morgan fingerprint density at radius 1 is 1.40 bits per heavy atom. The first-order chi connectivity index (χ1) is 9.59. The van der Waals surface area contributed by atoms with Gasteiger partial charge in [0, 0.05) is 0 Å². The van der Waals surface area contributed by atoms with Gasteiger partial charge in [-0.15, -0.1) is 0 Å². The lowest BCUT2D eigenvalue weighted by atomic mass is 9.75. The van der Waals surface area contributed by atoms with E-state index >= 15 is 0 Å². The predicted octanol–water partition coefficient (Wildman–Crippen LogP) is 2.65. The van der Waals surface area contributed by atoms with Gasteiger partial charge in [0.15, 0.2) is 0 Å². The standard InChI is InChI=1S/C16H20O4/c1-11-6-7-13(20-11)9-16(15(17)18)8-12-4-2-3-5-14(12)19-10-16/h2-5,11,13H,6-10H2,1H3,(H,17,18). The summed E-state index contributed by atoms with van der Waals surface area (Å²) in [5, 5.41) is 9.71. The summed E-state index contributed by atoms with van der Waals surface area (Å²) in [4.78, 5) is 11.8. The molecule has 4 nitrogen and oxygen atoms in total. The zero-order valence-corrected chi connectivity index (χ0v) is 11.7. The van der Waals surface area contributed by atoms with Crippen LogP contribution in [0.5, 0.6) is 5.75 Å². The van der Waals surface area contributed by atoms with Gasteiger partial charge in [0.25, 0.3) is 0 Å². The van der Waals surface area contributed by atoms with Crippen LogP contribution >= 0.6 is 0 Å². The normalized spacial score (nSPS) is 32.5. The van der Waals surface area contributed by atoms with Crippen LogP contribution in [0.15, 0.2) is 24.3 Å². The van der Waals surface area contributed by atoms with Gasteiger partial charge in [-0.3, -0.25) is 4.79 Å². The highest BCUT2D eigenvalue weighted by molar-refractivity contribution is 5.76. The number of carboxylic acid groups (broad SMARTS) is 1. The van der Waals surface area contributed by atoms with Crippen molar-refractivity contribution in [3.05, 3.63) is 29.8 Å². The number of ether oxygens (including phenoxy) is 2. The number of benzene rings is 1. The fraction of sp³-hybridized carbons (Fsp3) is 0.562. The third kappa shape index (κ3) is 2.40. The summed E-state index contributed by atoms with van der Waals surface area (Å²) in [6, 6.07) is 7.68. The Labute approximate surface area is 118 Å². The quantitative estimate of drug-likeness (QED) is 0.922.